The molecular formula is C24H22ClF3N2O5S. The maximum Gasteiger partial charge on any atom is 0.417 e. The first-order valence-corrected chi connectivity index (χ1v) is 12.2. The van der Waals surface area contributed by atoms with Gasteiger partial charge in [0.25, 0.3) is 10.0 Å². The van der Waals surface area contributed by atoms with Crippen LogP contribution in [0.1, 0.15) is 11.1 Å². The number of sulfonamides is 1. The second kappa shape index (κ2) is 10.7. The van der Waals surface area contributed by atoms with Crippen LogP contribution in [0.2, 0.25) is 5.02 Å². The van der Waals surface area contributed by atoms with E-state index in [1.54, 1.807) is 19.1 Å². The lowest BCUT2D eigenvalue weighted by Gasteiger charge is -2.25. The van der Waals surface area contributed by atoms with E-state index in [0.717, 1.165) is 10.4 Å². The van der Waals surface area contributed by atoms with Gasteiger partial charge in [0.1, 0.15) is 22.9 Å². The zero-order valence-corrected chi connectivity index (χ0v) is 21.0. The first-order valence-electron chi connectivity index (χ1n) is 10.3. The lowest BCUT2D eigenvalue weighted by molar-refractivity contribution is -0.137. The number of carbonyl (C=O) groups excluding carboxylic acids is 1. The normalized spacial score (nSPS) is 11.6. The van der Waals surface area contributed by atoms with Crippen molar-refractivity contribution in [3.63, 3.8) is 0 Å². The van der Waals surface area contributed by atoms with Crippen molar-refractivity contribution < 1.29 is 35.9 Å². The number of nitrogens with zero attached hydrogens (tertiary/aromatic N) is 1. The molecule has 0 unspecified atom stereocenters. The number of halogens is 4. The van der Waals surface area contributed by atoms with Crippen LogP contribution in [0, 0.1) is 6.92 Å². The standard InChI is InChI=1S/C24H22ClF3N2O5S/c1-15-7-10-21(35-3)22(11-15)36(32,33)30(17-5-4-6-18(13-17)34-2)14-23(31)29-16-8-9-20(25)19(12-16)24(26,27)28/h4-13H,14H2,1-3H3,(H,29,31). The predicted octanol–water partition coefficient (Wildman–Crippen LogP) is 5.52. The number of benzene rings is 3. The van der Waals surface area contributed by atoms with E-state index in [1.165, 1.54) is 50.6 Å². The number of methoxy groups -OCH3 is 2. The highest BCUT2D eigenvalue weighted by atomic mass is 35.5. The molecule has 0 atom stereocenters. The van der Waals surface area contributed by atoms with E-state index in [0.29, 0.717) is 17.4 Å². The molecule has 1 N–H and O–H groups in total. The van der Waals surface area contributed by atoms with Crippen LogP contribution in [-0.4, -0.2) is 35.1 Å². The fourth-order valence-corrected chi connectivity index (χ4v) is 5.22. The van der Waals surface area contributed by atoms with Gasteiger partial charge < -0.3 is 14.8 Å². The summed E-state index contributed by atoms with van der Waals surface area (Å²) in [5, 5.41) is 1.77. The molecule has 3 aromatic rings. The van der Waals surface area contributed by atoms with E-state index in [4.69, 9.17) is 21.1 Å². The fraction of sp³-hybridized carbons (Fsp3) is 0.208. The number of amides is 1. The molecule has 0 radical (unpaired) electrons. The van der Waals surface area contributed by atoms with Gasteiger partial charge in [0.05, 0.1) is 30.5 Å². The Morgan fingerprint density at radius 2 is 1.75 bits per heavy atom. The molecule has 0 aliphatic carbocycles. The molecule has 12 heteroatoms. The molecule has 1 amide bonds. The highest BCUT2D eigenvalue weighted by Crippen LogP contribution is 2.36. The Kier molecular flexibility index (Phi) is 8.05. The summed E-state index contributed by atoms with van der Waals surface area (Å²) in [4.78, 5) is 12.7. The molecule has 0 aliphatic rings. The number of hydrogen-bond donors (Lipinski definition) is 1. The van der Waals surface area contributed by atoms with E-state index >= 15 is 0 Å². The molecule has 3 aromatic carbocycles. The fourth-order valence-electron chi connectivity index (χ4n) is 3.34. The SMILES string of the molecule is COc1cccc(N(CC(=O)Nc2ccc(Cl)c(C(F)(F)F)c2)S(=O)(=O)c2cc(C)ccc2OC)c1. The molecule has 7 nitrogen and oxygen atoms in total. The van der Waals surface area contributed by atoms with Crippen molar-refractivity contribution in [3.8, 4) is 11.5 Å². The van der Waals surface area contributed by atoms with Gasteiger partial charge in [0.15, 0.2) is 0 Å². The first-order chi connectivity index (χ1) is 16.9. The third kappa shape index (κ3) is 6.03. The second-order valence-electron chi connectivity index (χ2n) is 7.61. The van der Waals surface area contributed by atoms with Crippen LogP contribution in [0.3, 0.4) is 0 Å². The van der Waals surface area contributed by atoms with Crippen LogP contribution in [-0.2, 0) is 21.0 Å². The topological polar surface area (TPSA) is 84.9 Å². The van der Waals surface area contributed by atoms with Gasteiger partial charge in [0, 0.05) is 11.8 Å². The Hall–Kier alpha value is -3.44. The van der Waals surface area contributed by atoms with Gasteiger partial charge in [0.2, 0.25) is 5.91 Å². The summed E-state index contributed by atoms with van der Waals surface area (Å²) in [5.74, 6) is -0.498. The highest BCUT2D eigenvalue weighted by molar-refractivity contribution is 7.93. The van der Waals surface area contributed by atoms with Gasteiger partial charge in [-0.25, -0.2) is 8.42 Å². The van der Waals surface area contributed by atoms with Crippen LogP contribution < -0.4 is 19.1 Å². The Balaban J connectivity index is 2.03. The molecule has 0 bridgehead atoms. The van der Waals surface area contributed by atoms with Gasteiger partial charge in [-0.05, 0) is 55.0 Å². The van der Waals surface area contributed by atoms with E-state index in [2.05, 4.69) is 5.32 Å². The van der Waals surface area contributed by atoms with Crippen molar-refractivity contribution >= 4 is 38.9 Å². The molecule has 3 rings (SSSR count). The number of anilines is 2. The minimum absolute atomic E-state index is 0.0569. The average molecular weight is 543 g/mol. The van der Waals surface area contributed by atoms with Gasteiger partial charge >= 0.3 is 6.18 Å². The summed E-state index contributed by atoms with van der Waals surface area (Å²) in [5.41, 5.74) is -0.609. The van der Waals surface area contributed by atoms with Gasteiger partial charge in [-0.1, -0.05) is 23.7 Å². The van der Waals surface area contributed by atoms with E-state index in [9.17, 15) is 26.4 Å². The third-order valence-electron chi connectivity index (χ3n) is 5.07. The maximum absolute atomic E-state index is 13.7. The Labute approximate surface area is 211 Å². The van der Waals surface area contributed by atoms with Crippen LogP contribution >= 0.6 is 11.6 Å². The van der Waals surface area contributed by atoms with Gasteiger partial charge in [-0.15, -0.1) is 0 Å². The number of carbonyl (C=O) groups is 1. The molecule has 0 saturated carbocycles. The Bertz CT molecular complexity index is 1380. The Morgan fingerprint density at radius 3 is 2.39 bits per heavy atom. The van der Waals surface area contributed by atoms with Crippen molar-refractivity contribution in [3.05, 3.63) is 76.8 Å². The molecule has 192 valence electrons. The zero-order chi connectivity index (χ0) is 26.7. The van der Waals surface area contributed by atoms with Crippen molar-refractivity contribution in [2.24, 2.45) is 0 Å². The number of rotatable bonds is 8. The molecule has 0 fully saturated rings. The highest BCUT2D eigenvalue weighted by Gasteiger charge is 2.34. The summed E-state index contributed by atoms with van der Waals surface area (Å²) in [6.45, 7) is 0.941. The van der Waals surface area contributed by atoms with Crippen LogP contribution in [0.5, 0.6) is 11.5 Å². The Morgan fingerprint density at radius 1 is 1.03 bits per heavy atom. The second-order valence-corrected chi connectivity index (χ2v) is 9.85. The molecule has 0 saturated heterocycles. The molecule has 0 aliphatic heterocycles. The van der Waals surface area contributed by atoms with E-state index in [1.807, 2.05) is 0 Å². The summed E-state index contributed by atoms with van der Waals surface area (Å²) < 4.78 is 78.3. The maximum atomic E-state index is 13.7. The van der Waals surface area contributed by atoms with Crippen LogP contribution in [0.15, 0.2) is 65.6 Å². The lowest BCUT2D eigenvalue weighted by Crippen LogP contribution is -2.38. The number of aryl methyl sites for hydroxylation is 1. The smallest absolute Gasteiger partial charge is 0.417 e. The van der Waals surface area contributed by atoms with Crippen LogP contribution in [0.25, 0.3) is 0 Å². The van der Waals surface area contributed by atoms with Crippen molar-refractivity contribution in [1.82, 2.24) is 0 Å². The summed E-state index contributed by atoms with van der Waals surface area (Å²) in [7, 11) is -1.67. The monoisotopic (exact) mass is 542 g/mol. The van der Waals surface area contributed by atoms with Gasteiger partial charge in [-0.2, -0.15) is 13.2 Å². The largest absolute Gasteiger partial charge is 0.497 e. The predicted molar refractivity (Wildman–Crippen MR) is 130 cm³/mol. The number of ether oxygens (including phenoxy) is 2. The number of hydrogen-bond acceptors (Lipinski definition) is 5. The molecule has 0 spiro atoms. The molecule has 0 heterocycles. The summed E-state index contributed by atoms with van der Waals surface area (Å²) in [6, 6.07) is 13.4. The first kappa shape index (κ1) is 27.2. The minimum atomic E-state index is -4.74. The van der Waals surface area contributed by atoms with Crippen molar-refractivity contribution in [2.45, 2.75) is 18.0 Å². The molecule has 36 heavy (non-hydrogen) atoms. The van der Waals surface area contributed by atoms with Crippen molar-refractivity contribution in [1.29, 1.82) is 0 Å². The average Bonchev–Trinajstić information content (AvgIpc) is 2.83. The zero-order valence-electron chi connectivity index (χ0n) is 19.4. The van der Waals surface area contributed by atoms with E-state index in [-0.39, 0.29) is 22.0 Å². The summed E-state index contributed by atoms with van der Waals surface area (Å²) in [6.07, 6.45) is -4.74. The molecular weight excluding hydrogens is 521 g/mol. The lowest BCUT2D eigenvalue weighted by atomic mass is 10.2. The van der Waals surface area contributed by atoms with Crippen LogP contribution in [0.4, 0.5) is 24.5 Å². The minimum Gasteiger partial charge on any atom is -0.497 e. The third-order valence-corrected chi connectivity index (χ3v) is 7.20. The quantitative estimate of drug-likeness (QED) is 0.405. The van der Waals surface area contributed by atoms with Crippen molar-refractivity contribution in [2.75, 3.05) is 30.4 Å². The van der Waals surface area contributed by atoms with E-state index < -0.39 is 39.2 Å². The molecule has 0 aromatic heterocycles. The summed E-state index contributed by atoms with van der Waals surface area (Å²) >= 11 is 5.64. The number of alkyl halides is 3. The number of nitrogens with one attached hydrogen (secondary N) is 1. The van der Waals surface area contributed by atoms with Gasteiger partial charge in [-0.3, -0.25) is 9.10 Å².